The Morgan fingerprint density at radius 3 is 2.57 bits per heavy atom. The second-order valence-electron chi connectivity index (χ2n) is 6.87. The van der Waals surface area contributed by atoms with E-state index >= 15 is 0 Å². The minimum absolute atomic E-state index is 0.405. The number of hydrogen-bond acceptors (Lipinski definition) is 7. The zero-order chi connectivity index (χ0) is 21.3. The van der Waals surface area contributed by atoms with Crippen molar-refractivity contribution in [2.75, 3.05) is 32.2 Å². The van der Waals surface area contributed by atoms with E-state index in [1.807, 2.05) is 36.4 Å². The van der Waals surface area contributed by atoms with E-state index in [0.717, 1.165) is 53.6 Å². The molecule has 1 fully saturated rings. The molecule has 1 heterocycles. The molecule has 0 unspecified atom stereocenters. The molecule has 1 aliphatic heterocycles. The van der Waals surface area contributed by atoms with Crippen molar-refractivity contribution in [2.24, 2.45) is 0 Å². The van der Waals surface area contributed by atoms with Crippen LogP contribution in [0, 0.1) is 0 Å². The van der Waals surface area contributed by atoms with E-state index in [1.165, 1.54) is 6.08 Å². The van der Waals surface area contributed by atoms with Crippen molar-refractivity contribution in [1.29, 1.82) is 0 Å². The molecule has 1 aliphatic rings. The van der Waals surface area contributed by atoms with Crippen LogP contribution >= 0.6 is 11.9 Å². The SMILES string of the molecule is COc1ccc(SNC2CCN(c3ccccc3/C=C/C(=O)NO)CC2)cc1OC. The third kappa shape index (κ3) is 5.69. The zero-order valence-electron chi connectivity index (χ0n) is 17.1. The lowest BCUT2D eigenvalue weighted by Crippen LogP contribution is -2.40. The predicted octanol–water partition coefficient (Wildman–Crippen LogP) is 3.49. The lowest BCUT2D eigenvalue weighted by atomic mass is 10.0. The van der Waals surface area contributed by atoms with Crippen LogP contribution in [0.2, 0.25) is 0 Å². The lowest BCUT2D eigenvalue weighted by Gasteiger charge is -2.34. The van der Waals surface area contributed by atoms with Gasteiger partial charge < -0.3 is 14.4 Å². The van der Waals surface area contributed by atoms with Crippen molar-refractivity contribution in [3.8, 4) is 11.5 Å². The van der Waals surface area contributed by atoms with Gasteiger partial charge >= 0.3 is 0 Å². The summed E-state index contributed by atoms with van der Waals surface area (Å²) < 4.78 is 14.2. The van der Waals surface area contributed by atoms with Gasteiger partial charge in [0, 0.05) is 35.8 Å². The Bertz CT molecular complexity index is 882. The minimum Gasteiger partial charge on any atom is -0.493 e. The molecule has 1 amide bonds. The number of ether oxygens (including phenoxy) is 2. The molecule has 2 aromatic carbocycles. The molecule has 30 heavy (non-hydrogen) atoms. The van der Waals surface area contributed by atoms with Gasteiger partial charge in [-0.1, -0.05) is 18.2 Å². The molecule has 0 bridgehead atoms. The fourth-order valence-electron chi connectivity index (χ4n) is 3.39. The van der Waals surface area contributed by atoms with Crippen molar-refractivity contribution in [3.05, 3.63) is 54.1 Å². The highest BCUT2D eigenvalue weighted by atomic mass is 32.2. The maximum Gasteiger partial charge on any atom is 0.267 e. The third-order valence-corrected chi connectivity index (χ3v) is 5.94. The van der Waals surface area contributed by atoms with Gasteiger partial charge in [0.15, 0.2) is 11.5 Å². The summed E-state index contributed by atoms with van der Waals surface area (Å²) in [4.78, 5) is 14.7. The number of methoxy groups -OCH3 is 2. The van der Waals surface area contributed by atoms with Crippen molar-refractivity contribution in [3.63, 3.8) is 0 Å². The van der Waals surface area contributed by atoms with E-state index in [2.05, 4.69) is 15.7 Å². The summed E-state index contributed by atoms with van der Waals surface area (Å²) in [7, 11) is 3.27. The smallest absolute Gasteiger partial charge is 0.267 e. The van der Waals surface area contributed by atoms with E-state index in [9.17, 15) is 4.79 Å². The van der Waals surface area contributed by atoms with Gasteiger partial charge in [-0.2, -0.15) is 0 Å². The molecule has 0 aromatic heterocycles. The minimum atomic E-state index is -0.542. The largest absolute Gasteiger partial charge is 0.493 e. The number of amides is 1. The number of nitrogens with zero attached hydrogens (tertiary/aromatic N) is 1. The monoisotopic (exact) mass is 429 g/mol. The number of carbonyl (C=O) groups is 1. The molecular weight excluding hydrogens is 402 g/mol. The van der Waals surface area contributed by atoms with Crippen LogP contribution in [0.25, 0.3) is 6.08 Å². The first kappa shape index (κ1) is 22.0. The highest BCUT2D eigenvalue weighted by Gasteiger charge is 2.20. The Balaban J connectivity index is 1.56. The molecule has 0 radical (unpaired) electrons. The van der Waals surface area contributed by atoms with Gasteiger partial charge in [0.2, 0.25) is 0 Å². The van der Waals surface area contributed by atoms with Gasteiger partial charge in [-0.25, -0.2) is 5.48 Å². The van der Waals surface area contributed by atoms with Crippen LogP contribution in [0.1, 0.15) is 18.4 Å². The van der Waals surface area contributed by atoms with Crippen molar-refractivity contribution < 1.29 is 19.5 Å². The van der Waals surface area contributed by atoms with Gasteiger partial charge in [-0.05, 0) is 60.7 Å². The van der Waals surface area contributed by atoms with Crippen LogP contribution < -0.4 is 24.6 Å². The normalized spacial score (nSPS) is 14.7. The Morgan fingerprint density at radius 1 is 1.13 bits per heavy atom. The third-order valence-electron chi connectivity index (χ3n) is 5.00. The summed E-state index contributed by atoms with van der Waals surface area (Å²) in [5, 5.41) is 8.66. The average Bonchev–Trinajstić information content (AvgIpc) is 2.81. The number of nitrogens with one attached hydrogen (secondary N) is 2. The molecule has 3 rings (SSSR count). The van der Waals surface area contributed by atoms with Gasteiger partial charge in [-0.15, -0.1) is 0 Å². The number of anilines is 1. The highest BCUT2D eigenvalue weighted by molar-refractivity contribution is 7.97. The summed E-state index contributed by atoms with van der Waals surface area (Å²) in [6, 6.07) is 14.3. The van der Waals surface area contributed by atoms with Crippen LogP contribution in [-0.4, -0.2) is 44.5 Å². The summed E-state index contributed by atoms with van der Waals surface area (Å²) in [5.41, 5.74) is 3.66. The Morgan fingerprint density at radius 2 is 1.87 bits per heavy atom. The van der Waals surface area contributed by atoms with Crippen LogP contribution in [0.4, 0.5) is 5.69 Å². The first-order valence-corrected chi connectivity index (χ1v) is 10.6. The maximum atomic E-state index is 11.3. The maximum absolute atomic E-state index is 11.3. The van der Waals surface area contributed by atoms with E-state index in [-0.39, 0.29) is 0 Å². The molecule has 0 atom stereocenters. The molecule has 7 nitrogen and oxygen atoms in total. The van der Waals surface area contributed by atoms with E-state index in [0.29, 0.717) is 6.04 Å². The second kappa shape index (κ2) is 10.9. The molecule has 0 spiro atoms. The predicted molar refractivity (Wildman–Crippen MR) is 119 cm³/mol. The molecular formula is C22H27N3O4S. The molecule has 160 valence electrons. The van der Waals surface area contributed by atoms with Crippen LogP contribution in [0.3, 0.4) is 0 Å². The molecule has 1 saturated heterocycles. The second-order valence-corrected chi connectivity index (χ2v) is 7.78. The first-order valence-electron chi connectivity index (χ1n) is 9.75. The molecule has 3 N–H and O–H groups in total. The number of carbonyl (C=O) groups excluding carboxylic acids is 1. The van der Waals surface area contributed by atoms with E-state index < -0.39 is 5.91 Å². The number of rotatable bonds is 8. The number of hydroxylamine groups is 1. The van der Waals surface area contributed by atoms with Gasteiger partial charge in [-0.3, -0.25) is 14.7 Å². The van der Waals surface area contributed by atoms with Gasteiger partial charge in [0.05, 0.1) is 14.2 Å². The molecule has 0 aliphatic carbocycles. The average molecular weight is 430 g/mol. The van der Waals surface area contributed by atoms with Crippen molar-refractivity contribution in [2.45, 2.75) is 23.8 Å². The number of piperidine rings is 1. The van der Waals surface area contributed by atoms with Crippen LogP contribution in [0.15, 0.2) is 53.4 Å². The first-order chi connectivity index (χ1) is 14.6. The van der Waals surface area contributed by atoms with Crippen molar-refractivity contribution in [1.82, 2.24) is 10.2 Å². The van der Waals surface area contributed by atoms with E-state index in [4.69, 9.17) is 14.7 Å². The van der Waals surface area contributed by atoms with Gasteiger partial charge in [0.25, 0.3) is 5.91 Å². The van der Waals surface area contributed by atoms with E-state index in [1.54, 1.807) is 37.7 Å². The number of hydrogen-bond donors (Lipinski definition) is 3. The quantitative estimate of drug-likeness (QED) is 0.256. The summed E-state index contributed by atoms with van der Waals surface area (Å²) in [6.45, 7) is 1.84. The fourth-order valence-corrected chi connectivity index (χ4v) is 4.23. The number of para-hydroxylation sites is 1. The van der Waals surface area contributed by atoms with Crippen LogP contribution in [-0.2, 0) is 4.79 Å². The van der Waals surface area contributed by atoms with Crippen LogP contribution in [0.5, 0.6) is 11.5 Å². The highest BCUT2D eigenvalue weighted by Crippen LogP contribution is 2.32. The Hall–Kier alpha value is -2.68. The van der Waals surface area contributed by atoms with Gasteiger partial charge in [0.1, 0.15) is 0 Å². The standard InChI is InChI=1S/C22H27N3O4S/c1-28-20-9-8-18(15-21(20)29-2)30-24-17-11-13-25(14-12-17)19-6-4-3-5-16(19)7-10-22(26)23-27/h3-10,15,17,24,27H,11-14H2,1-2H3,(H,23,26)/b10-7+. The summed E-state index contributed by atoms with van der Waals surface area (Å²) in [6.07, 6.45) is 5.07. The fraction of sp³-hybridized carbons (Fsp3) is 0.318. The topological polar surface area (TPSA) is 83.1 Å². The Kier molecular flexibility index (Phi) is 8.01. The zero-order valence-corrected chi connectivity index (χ0v) is 17.9. The summed E-state index contributed by atoms with van der Waals surface area (Å²) in [5.74, 6) is 0.901. The lowest BCUT2D eigenvalue weighted by molar-refractivity contribution is -0.124. The Labute approximate surface area is 181 Å². The van der Waals surface area contributed by atoms with Crippen molar-refractivity contribution >= 4 is 29.6 Å². The molecule has 8 heteroatoms. The molecule has 2 aromatic rings. The number of benzene rings is 2. The molecule has 0 saturated carbocycles. The summed E-state index contributed by atoms with van der Waals surface area (Å²) >= 11 is 1.61.